The van der Waals surface area contributed by atoms with Gasteiger partial charge >= 0.3 is 6.03 Å². The summed E-state index contributed by atoms with van der Waals surface area (Å²) in [6, 6.07) is 3.40. The smallest absolute Gasteiger partial charge is 0.313 e. The minimum absolute atomic E-state index is 0.370. The first-order valence-electron chi connectivity index (χ1n) is 5.29. The standard InChI is InChI=1S/C12H12N2O2S/c1-3-12(10(15)13-11(16)14-12)7-6-9-5-4-8(2)17-9/h4-5H,3H2,1-2H3,(H2,13,14,15,16)/t12-/m0/s1. The van der Waals surface area contributed by atoms with Crippen LogP contribution in [0.15, 0.2) is 12.1 Å². The predicted octanol–water partition coefficient (Wildman–Crippen LogP) is 1.40. The van der Waals surface area contributed by atoms with Crippen molar-refractivity contribution in [3.05, 3.63) is 21.9 Å². The summed E-state index contributed by atoms with van der Waals surface area (Å²) in [7, 11) is 0. The first-order valence-corrected chi connectivity index (χ1v) is 6.10. The number of nitrogens with one attached hydrogen (secondary N) is 2. The van der Waals surface area contributed by atoms with Gasteiger partial charge in [-0.2, -0.15) is 0 Å². The van der Waals surface area contributed by atoms with E-state index in [1.807, 2.05) is 26.0 Å². The zero-order chi connectivity index (χ0) is 12.5. The maximum absolute atomic E-state index is 11.7. The van der Waals surface area contributed by atoms with E-state index in [1.165, 1.54) is 4.88 Å². The molecule has 1 saturated heterocycles. The summed E-state index contributed by atoms with van der Waals surface area (Å²) in [5, 5.41) is 4.79. The number of aryl methyl sites for hydroxylation is 1. The van der Waals surface area contributed by atoms with Gasteiger partial charge in [0, 0.05) is 4.88 Å². The second kappa shape index (κ2) is 4.22. The Morgan fingerprint density at radius 1 is 1.41 bits per heavy atom. The molecule has 1 atom stereocenters. The summed E-state index contributed by atoms with van der Waals surface area (Å²) in [4.78, 5) is 24.9. The molecule has 1 aliphatic rings. The fourth-order valence-corrected chi connectivity index (χ4v) is 2.31. The van der Waals surface area contributed by atoms with E-state index < -0.39 is 11.6 Å². The number of imide groups is 1. The number of thiophene rings is 1. The summed E-state index contributed by atoms with van der Waals surface area (Å²) in [5.74, 6) is 5.44. The van der Waals surface area contributed by atoms with Gasteiger partial charge in [-0.3, -0.25) is 10.1 Å². The molecule has 1 aromatic heterocycles. The molecule has 0 saturated carbocycles. The Morgan fingerprint density at radius 3 is 2.65 bits per heavy atom. The first-order chi connectivity index (χ1) is 8.05. The van der Waals surface area contributed by atoms with E-state index in [2.05, 4.69) is 22.5 Å². The topological polar surface area (TPSA) is 58.2 Å². The molecule has 0 spiro atoms. The summed E-state index contributed by atoms with van der Waals surface area (Å²) < 4.78 is 0. The van der Waals surface area contributed by atoms with Gasteiger partial charge in [-0.1, -0.05) is 18.8 Å². The largest absolute Gasteiger partial charge is 0.323 e. The molecule has 0 bridgehead atoms. The average molecular weight is 248 g/mol. The van der Waals surface area contributed by atoms with E-state index in [-0.39, 0.29) is 5.91 Å². The molecule has 0 unspecified atom stereocenters. The van der Waals surface area contributed by atoms with Crippen LogP contribution in [0.1, 0.15) is 23.1 Å². The summed E-state index contributed by atoms with van der Waals surface area (Å²) in [5.41, 5.74) is -1.07. The maximum Gasteiger partial charge on any atom is 0.323 e. The lowest BCUT2D eigenvalue weighted by Gasteiger charge is -2.16. The number of amides is 3. The molecule has 2 rings (SSSR count). The number of carbonyl (C=O) groups excluding carboxylic acids is 2. The Kier molecular flexibility index (Phi) is 2.90. The molecular weight excluding hydrogens is 236 g/mol. The van der Waals surface area contributed by atoms with E-state index in [0.29, 0.717) is 6.42 Å². The number of urea groups is 1. The van der Waals surface area contributed by atoms with Gasteiger partial charge in [-0.15, -0.1) is 11.3 Å². The fourth-order valence-electron chi connectivity index (χ4n) is 1.59. The lowest BCUT2D eigenvalue weighted by Crippen LogP contribution is -2.44. The number of carbonyl (C=O) groups is 2. The van der Waals surface area contributed by atoms with Crippen LogP contribution in [0.4, 0.5) is 4.79 Å². The summed E-state index contributed by atoms with van der Waals surface area (Å²) >= 11 is 1.56. The molecule has 5 heteroatoms. The van der Waals surface area contributed by atoms with E-state index in [1.54, 1.807) is 11.3 Å². The average Bonchev–Trinajstić information content (AvgIpc) is 2.81. The Balaban J connectivity index is 2.30. The molecule has 0 aromatic carbocycles. The van der Waals surface area contributed by atoms with Crippen molar-refractivity contribution in [2.24, 2.45) is 0 Å². The van der Waals surface area contributed by atoms with Gasteiger partial charge in [0.1, 0.15) is 0 Å². The summed E-state index contributed by atoms with van der Waals surface area (Å²) in [6.45, 7) is 3.81. The minimum atomic E-state index is -1.07. The molecule has 4 nitrogen and oxygen atoms in total. The van der Waals surface area contributed by atoms with E-state index in [9.17, 15) is 9.59 Å². The molecule has 88 valence electrons. The van der Waals surface area contributed by atoms with Crippen LogP contribution in [-0.4, -0.2) is 17.5 Å². The number of rotatable bonds is 1. The molecule has 0 radical (unpaired) electrons. The third-order valence-electron chi connectivity index (χ3n) is 2.61. The van der Waals surface area contributed by atoms with Gasteiger partial charge in [0.2, 0.25) is 0 Å². The van der Waals surface area contributed by atoms with Crippen LogP contribution in [-0.2, 0) is 4.79 Å². The van der Waals surface area contributed by atoms with Crippen LogP contribution >= 0.6 is 11.3 Å². The quantitative estimate of drug-likeness (QED) is 0.583. The van der Waals surface area contributed by atoms with Gasteiger partial charge < -0.3 is 5.32 Å². The molecule has 2 heterocycles. The zero-order valence-corrected chi connectivity index (χ0v) is 10.4. The monoisotopic (exact) mass is 248 g/mol. The number of hydrogen-bond acceptors (Lipinski definition) is 3. The molecule has 1 fully saturated rings. The van der Waals surface area contributed by atoms with E-state index >= 15 is 0 Å². The second-order valence-corrected chi connectivity index (χ2v) is 5.12. The zero-order valence-electron chi connectivity index (χ0n) is 9.59. The van der Waals surface area contributed by atoms with Crippen molar-refractivity contribution in [3.8, 4) is 11.8 Å². The SMILES string of the molecule is CC[C@@]1(C#Cc2ccc(C)s2)NC(=O)NC1=O. The van der Waals surface area contributed by atoms with Crippen molar-refractivity contribution >= 4 is 23.3 Å². The Labute approximate surface area is 103 Å². The first kappa shape index (κ1) is 11.7. The van der Waals surface area contributed by atoms with Gasteiger partial charge in [-0.05, 0) is 25.5 Å². The highest BCUT2D eigenvalue weighted by molar-refractivity contribution is 7.12. The van der Waals surface area contributed by atoms with E-state index in [0.717, 1.165) is 4.88 Å². The fraction of sp³-hybridized carbons (Fsp3) is 0.333. The molecular formula is C12H12N2O2S. The Morgan fingerprint density at radius 2 is 2.18 bits per heavy atom. The van der Waals surface area contributed by atoms with Crippen molar-refractivity contribution in [2.45, 2.75) is 25.8 Å². The lowest BCUT2D eigenvalue weighted by molar-refractivity contribution is -0.122. The van der Waals surface area contributed by atoms with Crippen molar-refractivity contribution in [2.75, 3.05) is 0 Å². The van der Waals surface area contributed by atoms with Gasteiger partial charge in [0.25, 0.3) is 5.91 Å². The predicted molar refractivity (Wildman–Crippen MR) is 65.6 cm³/mol. The van der Waals surface area contributed by atoms with Crippen LogP contribution in [0.3, 0.4) is 0 Å². The normalized spacial score (nSPS) is 22.7. The highest BCUT2D eigenvalue weighted by Crippen LogP contribution is 2.17. The van der Waals surface area contributed by atoms with Crippen LogP contribution in [0.2, 0.25) is 0 Å². The molecule has 2 N–H and O–H groups in total. The molecule has 17 heavy (non-hydrogen) atoms. The highest BCUT2D eigenvalue weighted by Gasteiger charge is 2.43. The van der Waals surface area contributed by atoms with Crippen molar-refractivity contribution in [1.29, 1.82) is 0 Å². The highest BCUT2D eigenvalue weighted by atomic mass is 32.1. The van der Waals surface area contributed by atoms with Gasteiger partial charge in [-0.25, -0.2) is 4.79 Å². The molecule has 1 aliphatic heterocycles. The second-order valence-electron chi connectivity index (χ2n) is 3.83. The van der Waals surface area contributed by atoms with Crippen LogP contribution in [0, 0.1) is 18.8 Å². The third kappa shape index (κ3) is 2.17. The molecule has 1 aromatic rings. The number of hydrogen-bond donors (Lipinski definition) is 2. The van der Waals surface area contributed by atoms with Crippen LogP contribution in [0.25, 0.3) is 0 Å². The van der Waals surface area contributed by atoms with Crippen molar-refractivity contribution in [1.82, 2.24) is 10.6 Å². The Hall–Kier alpha value is -1.80. The molecule has 3 amide bonds. The van der Waals surface area contributed by atoms with Gasteiger partial charge in [0.15, 0.2) is 5.54 Å². The molecule has 0 aliphatic carbocycles. The van der Waals surface area contributed by atoms with E-state index in [4.69, 9.17) is 0 Å². The summed E-state index contributed by atoms with van der Waals surface area (Å²) in [6.07, 6.45) is 0.446. The van der Waals surface area contributed by atoms with Crippen LogP contribution in [0.5, 0.6) is 0 Å². The van der Waals surface area contributed by atoms with Crippen molar-refractivity contribution < 1.29 is 9.59 Å². The Bertz CT molecular complexity index is 538. The van der Waals surface area contributed by atoms with Gasteiger partial charge in [0.05, 0.1) is 4.88 Å². The maximum atomic E-state index is 11.7. The minimum Gasteiger partial charge on any atom is -0.313 e. The third-order valence-corrected chi connectivity index (χ3v) is 3.53. The van der Waals surface area contributed by atoms with Crippen molar-refractivity contribution in [3.63, 3.8) is 0 Å². The van der Waals surface area contributed by atoms with Crippen LogP contribution < -0.4 is 10.6 Å². The lowest BCUT2D eigenvalue weighted by atomic mass is 9.97.